The molecule has 1 amide bonds. The van der Waals surface area contributed by atoms with Crippen LogP contribution >= 0.6 is 0 Å². The Morgan fingerprint density at radius 1 is 1.29 bits per heavy atom. The van der Waals surface area contributed by atoms with Crippen LogP contribution in [0.25, 0.3) is 0 Å². The van der Waals surface area contributed by atoms with Gasteiger partial charge >= 0.3 is 0 Å². The lowest BCUT2D eigenvalue weighted by Crippen LogP contribution is -2.60. The maximum Gasteiger partial charge on any atom is 0.260 e. The summed E-state index contributed by atoms with van der Waals surface area (Å²) in [5, 5.41) is 3.42. The van der Waals surface area contributed by atoms with E-state index in [4.69, 9.17) is 0 Å². The number of hydrogen-bond acceptors (Lipinski definition) is 6. The molecule has 0 spiro atoms. The zero-order chi connectivity index (χ0) is 20.1. The number of hydrazine groups is 1. The molecule has 7 nitrogen and oxygen atoms in total. The Morgan fingerprint density at radius 3 is 2.68 bits per heavy atom. The van der Waals surface area contributed by atoms with Crippen LogP contribution in [0.5, 0.6) is 0 Å². The van der Waals surface area contributed by atoms with Crippen LogP contribution in [0.15, 0.2) is 18.2 Å². The van der Waals surface area contributed by atoms with E-state index in [1.54, 1.807) is 4.90 Å². The second-order valence-corrected chi connectivity index (χ2v) is 9.05. The number of amides is 1. The van der Waals surface area contributed by atoms with Gasteiger partial charge in [0, 0.05) is 44.1 Å². The second kappa shape index (κ2) is 6.93. The highest BCUT2D eigenvalue weighted by Crippen LogP contribution is 2.41. The number of likely N-dealkylation sites (tertiary alicyclic amines) is 2. The number of halogens is 1. The standard InChI is InChI=1S/C20H31FN6O/c1-13-6-5-7-15(22-13)23-17-14-12-27(19(2,3)16(14)24-25-17)18(28)20(21)8-10-26(4)11-9-20/h5-7,14,16-17,24-25H,8-12H2,1-4H3,(H,22,23). The number of alkyl halides is 1. The van der Waals surface area contributed by atoms with Gasteiger partial charge in [0.15, 0.2) is 5.67 Å². The van der Waals surface area contributed by atoms with Crippen molar-refractivity contribution in [1.82, 2.24) is 25.6 Å². The zero-order valence-corrected chi connectivity index (χ0v) is 17.1. The smallest absolute Gasteiger partial charge is 0.260 e. The molecule has 0 bridgehead atoms. The molecule has 0 aromatic carbocycles. The molecule has 0 saturated carbocycles. The largest absolute Gasteiger partial charge is 0.353 e. The van der Waals surface area contributed by atoms with Crippen molar-refractivity contribution in [2.24, 2.45) is 5.92 Å². The van der Waals surface area contributed by atoms with E-state index in [1.165, 1.54) is 0 Å². The molecule has 3 saturated heterocycles. The summed E-state index contributed by atoms with van der Waals surface area (Å²) in [5.41, 5.74) is 5.34. The summed E-state index contributed by atoms with van der Waals surface area (Å²) in [6.07, 6.45) is 0.458. The highest BCUT2D eigenvalue weighted by Gasteiger charge is 2.58. The van der Waals surface area contributed by atoms with Gasteiger partial charge in [-0.15, -0.1) is 0 Å². The van der Waals surface area contributed by atoms with Crippen LogP contribution in [-0.2, 0) is 4.79 Å². The van der Waals surface area contributed by atoms with Crippen molar-refractivity contribution < 1.29 is 9.18 Å². The minimum Gasteiger partial charge on any atom is -0.353 e. The average Bonchev–Trinajstić information content (AvgIpc) is 3.16. The molecule has 4 rings (SSSR count). The Morgan fingerprint density at radius 2 is 2.00 bits per heavy atom. The maximum atomic E-state index is 15.5. The molecule has 154 valence electrons. The third-order valence-corrected chi connectivity index (χ3v) is 6.70. The third-order valence-electron chi connectivity index (χ3n) is 6.70. The van der Waals surface area contributed by atoms with Crippen molar-refractivity contribution >= 4 is 11.7 Å². The first-order chi connectivity index (χ1) is 13.2. The number of rotatable bonds is 3. The van der Waals surface area contributed by atoms with Gasteiger partial charge in [-0.3, -0.25) is 10.2 Å². The number of pyridine rings is 1. The highest BCUT2D eigenvalue weighted by molar-refractivity contribution is 5.86. The van der Waals surface area contributed by atoms with Gasteiger partial charge in [-0.05, 0) is 40.0 Å². The molecule has 3 atom stereocenters. The fourth-order valence-electron chi connectivity index (χ4n) is 4.81. The van der Waals surface area contributed by atoms with Gasteiger partial charge in [0.25, 0.3) is 5.91 Å². The number of nitrogens with one attached hydrogen (secondary N) is 3. The summed E-state index contributed by atoms with van der Waals surface area (Å²) in [5.74, 6) is 0.560. The molecule has 3 aliphatic rings. The molecule has 3 fully saturated rings. The van der Waals surface area contributed by atoms with Crippen LogP contribution in [0, 0.1) is 12.8 Å². The summed E-state index contributed by atoms with van der Waals surface area (Å²) in [7, 11) is 1.97. The van der Waals surface area contributed by atoms with Crippen LogP contribution in [-0.4, -0.2) is 70.8 Å². The van der Waals surface area contributed by atoms with Gasteiger partial charge < -0.3 is 15.1 Å². The van der Waals surface area contributed by atoms with Crippen molar-refractivity contribution in [3.8, 4) is 0 Å². The number of aryl methyl sites for hydroxylation is 1. The number of nitrogens with zero attached hydrogens (tertiary/aromatic N) is 3. The molecule has 3 N–H and O–H groups in total. The fraction of sp³-hybridized carbons (Fsp3) is 0.700. The van der Waals surface area contributed by atoms with E-state index >= 15 is 4.39 Å². The van der Waals surface area contributed by atoms with Gasteiger partial charge in [0.1, 0.15) is 5.82 Å². The summed E-state index contributed by atoms with van der Waals surface area (Å²) >= 11 is 0. The Hall–Kier alpha value is -1.77. The number of fused-ring (bicyclic) bond motifs is 1. The van der Waals surface area contributed by atoms with Gasteiger partial charge in [0.05, 0.1) is 17.7 Å². The molecule has 28 heavy (non-hydrogen) atoms. The Labute approximate surface area is 166 Å². The van der Waals surface area contributed by atoms with Crippen LogP contribution < -0.4 is 16.2 Å². The molecule has 1 aromatic heterocycles. The molecule has 1 aromatic rings. The molecule has 0 aliphatic carbocycles. The number of carbonyl (C=O) groups is 1. The van der Waals surface area contributed by atoms with E-state index in [-0.39, 0.29) is 36.9 Å². The predicted octanol–water partition coefficient (Wildman–Crippen LogP) is 1.28. The van der Waals surface area contributed by atoms with Gasteiger partial charge in [-0.1, -0.05) is 6.07 Å². The Balaban J connectivity index is 1.50. The molecular weight excluding hydrogens is 359 g/mol. The normalized spacial score (nSPS) is 31.6. The first kappa shape index (κ1) is 19.5. The molecule has 0 radical (unpaired) electrons. The van der Waals surface area contributed by atoms with Crippen molar-refractivity contribution in [3.63, 3.8) is 0 Å². The minimum atomic E-state index is -1.75. The SMILES string of the molecule is Cc1cccc(NC2NNC3C2CN(C(=O)C2(F)CCN(C)CC2)C3(C)C)n1. The lowest BCUT2D eigenvalue weighted by Gasteiger charge is -2.41. The summed E-state index contributed by atoms with van der Waals surface area (Å²) in [6.45, 7) is 7.75. The van der Waals surface area contributed by atoms with Crippen molar-refractivity contribution in [3.05, 3.63) is 23.9 Å². The van der Waals surface area contributed by atoms with Gasteiger partial charge in [-0.25, -0.2) is 14.8 Å². The molecule has 4 heterocycles. The summed E-state index contributed by atoms with van der Waals surface area (Å²) < 4.78 is 15.5. The second-order valence-electron chi connectivity index (χ2n) is 9.05. The quantitative estimate of drug-likeness (QED) is 0.722. The first-order valence-corrected chi connectivity index (χ1v) is 10.1. The maximum absolute atomic E-state index is 15.5. The number of anilines is 1. The van der Waals surface area contributed by atoms with Crippen LogP contribution in [0.3, 0.4) is 0 Å². The van der Waals surface area contributed by atoms with E-state index in [0.717, 1.165) is 11.5 Å². The molecule has 8 heteroatoms. The van der Waals surface area contributed by atoms with Crippen LogP contribution in [0.1, 0.15) is 32.4 Å². The Bertz CT molecular complexity index is 748. The third kappa shape index (κ3) is 3.27. The topological polar surface area (TPSA) is 72.5 Å². The minimum absolute atomic E-state index is 0.0358. The fourth-order valence-corrected chi connectivity index (χ4v) is 4.81. The number of aromatic nitrogens is 1. The number of hydrogen-bond donors (Lipinski definition) is 3. The first-order valence-electron chi connectivity index (χ1n) is 10.1. The van der Waals surface area contributed by atoms with Crippen LogP contribution in [0.4, 0.5) is 10.2 Å². The lowest BCUT2D eigenvalue weighted by atomic mass is 9.88. The van der Waals surface area contributed by atoms with E-state index in [2.05, 4.69) is 26.1 Å². The lowest BCUT2D eigenvalue weighted by molar-refractivity contribution is -0.151. The highest BCUT2D eigenvalue weighted by atomic mass is 19.1. The number of piperidine rings is 1. The monoisotopic (exact) mass is 390 g/mol. The number of carbonyl (C=O) groups excluding carboxylic acids is 1. The van der Waals surface area contributed by atoms with Crippen LogP contribution in [0.2, 0.25) is 0 Å². The van der Waals surface area contributed by atoms with E-state index in [9.17, 15) is 4.79 Å². The van der Waals surface area contributed by atoms with Gasteiger partial charge in [0.2, 0.25) is 0 Å². The average molecular weight is 391 g/mol. The van der Waals surface area contributed by atoms with Crippen molar-refractivity contribution in [1.29, 1.82) is 0 Å². The predicted molar refractivity (Wildman–Crippen MR) is 106 cm³/mol. The summed E-state index contributed by atoms with van der Waals surface area (Å²) in [6, 6.07) is 5.88. The zero-order valence-electron chi connectivity index (χ0n) is 17.1. The molecule has 3 unspecified atom stereocenters. The molecular formula is C20H31FN6O. The van der Waals surface area contributed by atoms with E-state index < -0.39 is 11.2 Å². The molecule has 3 aliphatic heterocycles. The van der Waals surface area contributed by atoms with Crippen molar-refractivity contribution in [2.75, 3.05) is 32.0 Å². The van der Waals surface area contributed by atoms with Crippen molar-refractivity contribution in [2.45, 2.75) is 57.0 Å². The Kier molecular flexibility index (Phi) is 4.84. The van der Waals surface area contributed by atoms with E-state index in [1.807, 2.05) is 46.0 Å². The van der Waals surface area contributed by atoms with Gasteiger partial charge in [-0.2, -0.15) is 0 Å². The van der Waals surface area contributed by atoms with E-state index in [0.29, 0.717) is 19.6 Å². The summed E-state index contributed by atoms with van der Waals surface area (Å²) in [4.78, 5) is 21.6.